The molecule has 5 nitrogen and oxygen atoms in total. The molecule has 0 saturated carbocycles. The Labute approximate surface area is 167 Å². The molecule has 1 fully saturated rings. The first-order valence-electron chi connectivity index (χ1n) is 9.96. The van der Waals surface area contributed by atoms with Crippen molar-refractivity contribution >= 4 is 23.1 Å². The fraction of sp³-hybridized carbons (Fsp3) is 0.391. The number of Topliss-reactive ketones (excluding diaryl/α,β-unsaturated/α-hetero) is 1. The second-order valence-electron chi connectivity index (χ2n) is 7.50. The Bertz CT molecular complexity index is 828. The summed E-state index contributed by atoms with van der Waals surface area (Å²) in [4.78, 5) is 28.7. The number of rotatable bonds is 7. The van der Waals surface area contributed by atoms with E-state index in [-0.39, 0.29) is 18.2 Å². The molecule has 5 heteroatoms. The maximum Gasteiger partial charge on any atom is 0.238 e. The third-order valence-corrected chi connectivity index (χ3v) is 5.12. The minimum Gasteiger partial charge on any atom is -0.371 e. The third-order valence-electron chi connectivity index (χ3n) is 5.12. The van der Waals surface area contributed by atoms with Crippen molar-refractivity contribution in [1.29, 1.82) is 0 Å². The van der Waals surface area contributed by atoms with Gasteiger partial charge in [0, 0.05) is 30.9 Å². The SMILES string of the molecule is CC(=O)c1ccccc1NC(=O)CN(C)Cc1ccccc1N1CCCCC1. The van der Waals surface area contributed by atoms with E-state index in [0.29, 0.717) is 17.8 Å². The molecule has 1 aliphatic rings. The second-order valence-corrected chi connectivity index (χ2v) is 7.50. The number of likely N-dealkylation sites (N-methyl/N-ethyl adjacent to an activating group) is 1. The van der Waals surface area contributed by atoms with Crippen LogP contribution in [-0.4, -0.2) is 43.3 Å². The van der Waals surface area contributed by atoms with Crippen LogP contribution < -0.4 is 10.2 Å². The lowest BCUT2D eigenvalue weighted by molar-refractivity contribution is -0.117. The van der Waals surface area contributed by atoms with Gasteiger partial charge < -0.3 is 10.2 Å². The molecule has 28 heavy (non-hydrogen) atoms. The number of piperidine rings is 1. The molecule has 0 aromatic heterocycles. The molecule has 2 aromatic rings. The van der Waals surface area contributed by atoms with Gasteiger partial charge in [0.25, 0.3) is 0 Å². The number of amides is 1. The van der Waals surface area contributed by atoms with E-state index in [2.05, 4.69) is 34.5 Å². The molecule has 148 valence electrons. The predicted octanol–water partition coefficient (Wildman–Crippen LogP) is 3.95. The lowest BCUT2D eigenvalue weighted by atomic mass is 10.1. The van der Waals surface area contributed by atoms with Crippen molar-refractivity contribution in [2.24, 2.45) is 0 Å². The van der Waals surface area contributed by atoms with E-state index in [4.69, 9.17) is 0 Å². The Hall–Kier alpha value is -2.66. The topological polar surface area (TPSA) is 52.7 Å². The summed E-state index contributed by atoms with van der Waals surface area (Å²) in [5, 5.41) is 2.87. The average Bonchev–Trinajstić information content (AvgIpc) is 2.69. The van der Waals surface area contributed by atoms with Crippen LogP contribution in [0.5, 0.6) is 0 Å². The van der Waals surface area contributed by atoms with Crippen LogP contribution in [0.3, 0.4) is 0 Å². The molecule has 3 rings (SSSR count). The summed E-state index contributed by atoms with van der Waals surface area (Å²) in [6.07, 6.45) is 3.78. The summed E-state index contributed by atoms with van der Waals surface area (Å²) in [7, 11) is 1.95. The first-order chi connectivity index (χ1) is 13.5. The molecule has 1 aliphatic heterocycles. The smallest absolute Gasteiger partial charge is 0.238 e. The van der Waals surface area contributed by atoms with Crippen molar-refractivity contribution in [2.45, 2.75) is 32.7 Å². The molecule has 0 bridgehead atoms. The highest BCUT2D eigenvalue weighted by molar-refractivity contribution is 6.04. The number of hydrogen-bond donors (Lipinski definition) is 1. The Morgan fingerprint density at radius 3 is 2.43 bits per heavy atom. The molecule has 1 amide bonds. The van der Waals surface area contributed by atoms with Crippen molar-refractivity contribution in [2.75, 3.05) is 36.9 Å². The van der Waals surface area contributed by atoms with Crippen molar-refractivity contribution in [3.63, 3.8) is 0 Å². The van der Waals surface area contributed by atoms with Crippen LogP contribution in [0.4, 0.5) is 11.4 Å². The molecule has 0 aliphatic carbocycles. The number of carbonyl (C=O) groups excluding carboxylic acids is 2. The molecular weight excluding hydrogens is 350 g/mol. The van der Waals surface area contributed by atoms with Crippen molar-refractivity contribution in [1.82, 2.24) is 4.90 Å². The van der Waals surface area contributed by atoms with Gasteiger partial charge in [-0.05, 0) is 57.0 Å². The number of nitrogens with one attached hydrogen (secondary N) is 1. The number of ketones is 1. The molecular formula is C23H29N3O2. The van der Waals surface area contributed by atoms with Crippen LogP contribution in [0.15, 0.2) is 48.5 Å². The number of hydrogen-bond acceptors (Lipinski definition) is 4. The normalized spacial score (nSPS) is 14.2. The van der Waals surface area contributed by atoms with E-state index in [1.165, 1.54) is 37.4 Å². The zero-order chi connectivity index (χ0) is 19.9. The summed E-state index contributed by atoms with van der Waals surface area (Å²) in [5.74, 6) is -0.175. The lowest BCUT2D eigenvalue weighted by Gasteiger charge is -2.31. The van der Waals surface area contributed by atoms with Crippen LogP contribution in [0.25, 0.3) is 0 Å². The summed E-state index contributed by atoms with van der Waals surface area (Å²) < 4.78 is 0. The molecule has 1 N–H and O–H groups in total. The zero-order valence-corrected chi connectivity index (χ0v) is 16.8. The summed E-state index contributed by atoms with van der Waals surface area (Å²) in [6, 6.07) is 15.6. The number of para-hydroxylation sites is 2. The monoisotopic (exact) mass is 379 g/mol. The number of benzene rings is 2. The Morgan fingerprint density at radius 2 is 1.68 bits per heavy atom. The molecule has 2 aromatic carbocycles. The zero-order valence-electron chi connectivity index (χ0n) is 16.8. The molecule has 1 saturated heterocycles. The van der Waals surface area contributed by atoms with E-state index < -0.39 is 0 Å². The lowest BCUT2D eigenvalue weighted by Crippen LogP contribution is -2.33. The minimum absolute atomic E-state index is 0.0558. The molecule has 1 heterocycles. The third kappa shape index (κ3) is 5.20. The second kappa shape index (κ2) is 9.51. The summed E-state index contributed by atoms with van der Waals surface area (Å²) in [6.45, 7) is 4.68. The average molecular weight is 380 g/mol. The van der Waals surface area contributed by atoms with Gasteiger partial charge in [0.05, 0.1) is 12.2 Å². The molecule has 0 radical (unpaired) electrons. The van der Waals surface area contributed by atoms with Gasteiger partial charge in [0.1, 0.15) is 0 Å². The Morgan fingerprint density at radius 1 is 1.00 bits per heavy atom. The number of anilines is 2. The van der Waals surface area contributed by atoms with Crippen molar-refractivity contribution < 1.29 is 9.59 Å². The molecule has 0 spiro atoms. The van der Waals surface area contributed by atoms with Crippen LogP contribution in [-0.2, 0) is 11.3 Å². The minimum atomic E-state index is -0.119. The fourth-order valence-corrected chi connectivity index (χ4v) is 3.77. The standard InChI is InChI=1S/C23H29N3O2/c1-18(27)20-11-5-6-12-21(20)24-23(28)17-25(2)16-19-10-4-7-13-22(19)26-14-8-3-9-15-26/h4-7,10-13H,3,8-9,14-17H2,1-2H3,(H,24,28). The quantitative estimate of drug-likeness (QED) is 0.740. The first-order valence-corrected chi connectivity index (χ1v) is 9.96. The van der Waals surface area contributed by atoms with Gasteiger partial charge in [-0.25, -0.2) is 0 Å². The van der Waals surface area contributed by atoms with E-state index >= 15 is 0 Å². The van der Waals surface area contributed by atoms with Gasteiger partial charge in [0.2, 0.25) is 5.91 Å². The van der Waals surface area contributed by atoms with Crippen LogP contribution >= 0.6 is 0 Å². The first kappa shape index (κ1) is 20.1. The number of carbonyl (C=O) groups is 2. The summed E-state index contributed by atoms with van der Waals surface area (Å²) >= 11 is 0. The highest BCUT2D eigenvalue weighted by Crippen LogP contribution is 2.25. The molecule has 0 atom stereocenters. The van der Waals surface area contributed by atoms with Crippen LogP contribution in [0.2, 0.25) is 0 Å². The van der Waals surface area contributed by atoms with Gasteiger partial charge in [-0.15, -0.1) is 0 Å². The highest BCUT2D eigenvalue weighted by atomic mass is 16.2. The predicted molar refractivity (Wildman–Crippen MR) is 114 cm³/mol. The van der Waals surface area contributed by atoms with Gasteiger partial charge in [-0.1, -0.05) is 30.3 Å². The van der Waals surface area contributed by atoms with Gasteiger partial charge in [-0.3, -0.25) is 14.5 Å². The highest BCUT2D eigenvalue weighted by Gasteiger charge is 2.16. The Kier molecular flexibility index (Phi) is 6.82. The maximum atomic E-state index is 12.5. The van der Waals surface area contributed by atoms with E-state index in [0.717, 1.165) is 13.1 Å². The Balaban J connectivity index is 1.62. The van der Waals surface area contributed by atoms with E-state index in [1.807, 2.05) is 18.0 Å². The van der Waals surface area contributed by atoms with Crippen LogP contribution in [0.1, 0.15) is 42.1 Å². The maximum absolute atomic E-state index is 12.5. The largest absolute Gasteiger partial charge is 0.371 e. The van der Waals surface area contributed by atoms with E-state index in [9.17, 15) is 9.59 Å². The van der Waals surface area contributed by atoms with Crippen LogP contribution in [0, 0.1) is 0 Å². The van der Waals surface area contributed by atoms with Crippen molar-refractivity contribution in [3.05, 3.63) is 59.7 Å². The van der Waals surface area contributed by atoms with Gasteiger partial charge in [-0.2, -0.15) is 0 Å². The van der Waals surface area contributed by atoms with Gasteiger partial charge in [0.15, 0.2) is 5.78 Å². The van der Waals surface area contributed by atoms with Gasteiger partial charge >= 0.3 is 0 Å². The van der Waals surface area contributed by atoms with Crippen molar-refractivity contribution in [3.8, 4) is 0 Å². The van der Waals surface area contributed by atoms with E-state index in [1.54, 1.807) is 18.2 Å². The number of nitrogens with zero attached hydrogens (tertiary/aromatic N) is 2. The summed E-state index contributed by atoms with van der Waals surface area (Å²) in [5.41, 5.74) is 3.62. The molecule has 0 unspecified atom stereocenters. The fourth-order valence-electron chi connectivity index (χ4n) is 3.77.